The van der Waals surface area contributed by atoms with Crippen LogP contribution in [0.15, 0.2) is 65.2 Å². The highest BCUT2D eigenvalue weighted by Crippen LogP contribution is 2.51. The van der Waals surface area contributed by atoms with E-state index in [1.54, 1.807) is 25.3 Å². The molecule has 7 heteroatoms. The van der Waals surface area contributed by atoms with Crippen LogP contribution in [-0.2, 0) is 6.61 Å². The molecular weight excluding hydrogens is 528 g/mol. The van der Waals surface area contributed by atoms with Crippen molar-refractivity contribution < 1.29 is 13.9 Å². The molecule has 0 spiro atoms. The molecule has 0 saturated carbocycles. The predicted molar refractivity (Wildman–Crippen MR) is 134 cm³/mol. The maximum atomic E-state index is 13.9. The summed E-state index contributed by atoms with van der Waals surface area (Å²) in [6, 6.07) is 14.4. The Hall–Kier alpha value is -2.21. The SMILES string of the molecule is COc1cc([C@@H]2Nc3ccc(F)cc3[C@@H]3C=CC[C@@H]32)cc(Br)c1OCc1ccc(Cl)cc1Cl. The smallest absolute Gasteiger partial charge is 0.175 e. The Morgan fingerprint density at radius 1 is 1.12 bits per heavy atom. The Balaban J connectivity index is 1.45. The van der Waals surface area contributed by atoms with Gasteiger partial charge in [0, 0.05) is 27.2 Å². The van der Waals surface area contributed by atoms with Gasteiger partial charge in [-0.2, -0.15) is 0 Å². The third kappa shape index (κ3) is 4.34. The number of halogens is 4. The summed E-state index contributed by atoms with van der Waals surface area (Å²) in [5, 5.41) is 4.76. The number of nitrogens with one attached hydrogen (secondary N) is 1. The number of hydrogen-bond acceptors (Lipinski definition) is 3. The normalized spacial score (nSPS) is 20.7. The van der Waals surface area contributed by atoms with Crippen molar-refractivity contribution in [2.24, 2.45) is 5.92 Å². The van der Waals surface area contributed by atoms with Crippen molar-refractivity contribution in [3.05, 3.63) is 97.7 Å². The predicted octanol–water partition coefficient (Wildman–Crippen LogP) is 8.31. The summed E-state index contributed by atoms with van der Waals surface area (Å²) in [5.74, 6) is 1.48. The molecule has 170 valence electrons. The van der Waals surface area contributed by atoms with Gasteiger partial charge < -0.3 is 14.8 Å². The molecule has 3 nitrogen and oxygen atoms in total. The highest BCUT2D eigenvalue weighted by molar-refractivity contribution is 9.10. The van der Waals surface area contributed by atoms with E-state index in [-0.39, 0.29) is 30.3 Å². The second-order valence-electron chi connectivity index (χ2n) is 8.27. The molecule has 1 N–H and O–H groups in total. The molecule has 0 fully saturated rings. The summed E-state index contributed by atoms with van der Waals surface area (Å²) in [6.07, 6.45) is 5.30. The first-order chi connectivity index (χ1) is 15.9. The van der Waals surface area contributed by atoms with E-state index in [9.17, 15) is 4.39 Å². The Morgan fingerprint density at radius 3 is 2.76 bits per heavy atom. The van der Waals surface area contributed by atoms with Crippen molar-refractivity contribution >= 4 is 44.8 Å². The summed E-state index contributed by atoms with van der Waals surface area (Å²) in [7, 11) is 1.62. The van der Waals surface area contributed by atoms with Gasteiger partial charge >= 0.3 is 0 Å². The van der Waals surface area contributed by atoms with Crippen LogP contribution in [-0.4, -0.2) is 7.11 Å². The minimum Gasteiger partial charge on any atom is -0.493 e. The maximum Gasteiger partial charge on any atom is 0.175 e. The van der Waals surface area contributed by atoms with Crippen LogP contribution in [0.3, 0.4) is 0 Å². The van der Waals surface area contributed by atoms with Gasteiger partial charge in [0.25, 0.3) is 0 Å². The summed E-state index contributed by atoms with van der Waals surface area (Å²) < 4.78 is 26.5. The van der Waals surface area contributed by atoms with Gasteiger partial charge in [-0.25, -0.2) is 4.39 Å². The molecule has 1 heterocycles. The first-order valence-corrected chi connectivity index (χ1v) is 12.2. The fourth-order valence-electron chi connectivity index (χ4n) is 4.74. The van der Waals surface area contributed by atoms with E-state index >= 15 is 0 Å². The Bertz CT molecular complexity index is 1250. The molecule has 0 radical (unpaired) electrons. The fraction of sp³-hybridized carbons (Fsp3) is 0.231. The minimum absolute atomic E-state index is 0.0490. The number of ether oxygens (including phenoxy) is 2. The lowest BCUT2D eigenvalue weighted by atomic mass is 9.77. The molecule has 0 bridgehead atoms. The van der Waals surface area contributed by atoms with Crippen LogP contribution in [0, 0.1) is 11.7 Å². The molecule has 0 aromatic heterocycles. The van der Waals surface area contributed by atoms with Crippen molar-refractivity contribution in [3.63, 3.8) is 0 Å². The Morgan fingerprint density at radius 2 is 1.97 bits per heavy atom. The number of hydrogen-bond donors (Lipinski definition) is 1. The molecule has 3 atom stereocenters. The largest absolute Gasteiger partial charge is 0.493 e. The van der Waals surface area contributed by atoms with Crippen molar-refractivity contribution in [3.8, 4) is 11.5 Å². The van der Waals surface area contributed by atoms with Crippen molar-refractivity contribution in [2.45, 2.75) is 25.0 Å². The molecular formula is C26H21BrCl2FNO2. The third-order valence-corrected chi connectivity index (χ3v) is 7.50. The van der Waals surface area contributed by atoms with Gasteiger partial charge in [0.05, 0.1) is 17.6 Å². The number of benzene rings is 3. The van der Waals surface area contributed by atoms with Crippen LogP contribution >= 0.6 is 39.1 Å². The van der Waals surface area contributed by atoms with E-state index in [1.807, 2.05) is 18.2 Å². The molecule has 0 unspecified atom stereocenters. The molecule has 0 saturated heterocycles. The zero-order valence-corrected chi connectivity index (χ0v) is 20.8. The zero-order chi connectivity index (χ0) is 23.1. The molecule has 1 aliphatic carbocycles. The fourth-order valence-corrected chi connectivity index (χ4v) is 5.78. The van der Waals surface area contributed by atoms with E-state index < -0.39 is 0 Å². The van der Waals surface area contributed by atoms with Crippen LogP contribution in [0.1, 0.15) is 35.1 Å². The molecule has 5 rings (SSSR count). The maximum absolute atomic E-state index is 13.9. The number of allylic oxidation sites excluding steroid dienone is 2. The lowest BCUT2D eigenvalue weighted by Gasteiger charge is -2.37. The molecule has 33 heavy (non-hydrogen) atoms. The van der Waals surface area contributed by atoms with E-state index in [4.69, 9.17) is 32.7 Å². The van der Waals surface area contributed by atoms with E-state index in [0.717, 1.165) is 33.3 Å². The Kier molecular flexibility index (Phi) is 6.30. The van der Waals surface area contributed by atoms with Crippen LogP contribution in [0.4, 0.5) is 10.1 Å². The van der Waals surface area contributed by atoms with Gasteiger partial charge in [0.2, 0.25) is 0 Å². The van der Waals surface area contributed by atoms with Crippen molar-refractivity contribution in [1.82, 2.24) is 0 Å². The van der Waals surface area contributed by atoms with Crippen molar-refractivity contribution in [1.29, 1.82) is 0 Å². The average Bonchev–Trinajstić information content (AvgIpc) is 3.29. The van der Waals surface area contributed by atoms with Crippen LogP contribution in [0.2, 0.25) is 10.0 Å². The summed E-state index contributed by atoms with van der Waals surface area (Å²) in [5.41, 5.74) is 3.87. The lowest BCUT2D eigenvalue weighted by molar-refractivity contribution is 0.282. The van der Waals surface area contributed by atoms with Gasteiger partial charge in [-0.05, 0) is 81.9 Å². The molecule has 3 aromatic carbocycles. The monoisotopic (exact) mass is 547 g/mol. The standard InChI is InChI=1S/C26H21BrCl2FNO2/c1-32-24-10-15(9-21(27)26(24)33-13-14-5-6-16(28)11-22(14)29)25-19-4-2-3-18(19)20-12-17(30)7-8-23(20)31-25/h2-3,5-12,18-19,25,31H,4,13H2,1H3/t18-,19+,25+/m1/s1. The average molecular weight is 549 g/mol. The number of fused-ring (bicyclic) bond motifs is 3. The first kappa shape index (κ1) is 22.6. The minimum atomic E-state index is -0.209. The second-order valence-corrected chi connectivity index (χ2v) is 9.96. The number of methoxy groups -OCH3 is 1. The second kappa shape index (κ2) is 9.21. The molecule has 0 amide bonds. The molecule has 1 aliphatic heterocycles. The summed E-state index contributed by atoms with van der Waals surface area (Å²) in [4.78, 5) is 0. The summed E-state index contributed by atoms with van der Waals surface area (Å²) >= 11 is 16.0. The van der Waals surface area contributed by atoms with Gasteiger partial charge in [0.15, 0.2) is 11.5 Å². The highest BCUT2D eigenvalue weighted by atomic mass is 79.9. The van der Waals surface area contributed by atoms with E-state index in [0.29, 0.717) is 21.5 Å². The topological polar surface area (TPSA) is 30.5 Å². The van der Waals surface area contributed by atoms with Gasteiger partial charge in [-0.1, -0.05) is 41.4 Å². The molecule has 2 aliphatic rings. The van der Waals surface area contributed by atoms with Gasteiger partial charge in [-0.15, -0.1) is 0 Å². The third-order valence-electron chi connectivity index (χ3n) is 6.32. The van der Waals surface area contributed by atoms with Crippen molar-refractivity contribution in [2.75, 3.05) is 12.4 Å². The summed E-state index contributed by atoms with van der Waals surface area (Å²) in [6.45, 7) is 0.277. The van der Waals surface area contributed by atoms with E-state index in [2.05, 4.69) is 39.5 Å². The molecule has 3 aromatic rings. The number of anilines is 1. The lowest BCUT2D eigenvalue weighted by Crippen LogP contribution is -2.29. The van der Waals surface area contributed by atoms with Crippen LogP contribution in [0.5, 0.6) is 11.5 Å². The number of rotatable bonds is 5. The first-order valence-electron chi connectivity index (χ1n) is 10.6. The zero-order valence-electron chi connectivity index (χ0n) is 17.7. The van der Waals surface area contributed by atoms with Crippen LogP contribution < -0.4 is 14.8 Å². The van der Waals surface area contributed by atoms with E-state index in [1.165, 1.54) is 6.07 Å². The quantitative estimate of drug-likeness (QED) is 0.325. The van der Waals surface area contributed by atoms with Crippen LogP contribution in [0.25, 0.3) is 0 Å². The van der Waals surface area contributed by atoms with Gasteiger partial charge in [-0.3, -0.25) is 0 Å². The van der Waals surface area contributed by atoms with Gasteiger partial charge in [0.1, 0.15) is 12.4 Å². The Labute approximate surface area is 210 Å². The highest BCUT2D eigenvalue weighted by Gasteiger charge is 2.38.